The monoisotopic (exact) mass is 409 g/mol. The van der Waals surface area contributed by atoms with Crippen LogP contribution in [0.25, 0.3) is 10.8 Å². The zero-order chi connectivity index (χ0) is 18.5. The van der Waals surface area contributed by atoms with Crippen LogP contribution in [-0.4, -0.2) is 18.1 Å². The Labute approximate surface area is 158 Å². The van der Waals surface area contributed by atoms with E-state index in [9.17, 15) is 14.7 Å². The topological polar surface area (TPSA) is 81.6 Å². The number of fused-ring (bicyclic) bond motifs is 1. The molecule has 0 saturated heterocycles. The first-order valence-corrected chi connectivity index (χ1v) is 8.63. The molecule has 130 valence electrons. The van der Waals surface area contributed by atoms with Crippen LogP contribution in [-0.2, 0) is 11.2 Å². The second-order valence-corrected chi connectivity index (χ2v) is 6.49. The van der Waals surface area contributed by atoms with E-state index in [1.165, 1.54) is 18.3 Å². The van der Waals surface area contributed by atoms with Gasteiger partial charge in [-0.15, -0.1) is 0 Å². The highest BCUT2D eigenvalue weighted by Gasteiger charge is 2.08. The Morgan fingerprint density at radius 1 is 1.00 bits per heavy atom. The highest BCUT2D eigenvalue weighted by Crippen LogP contribution is 2.27. The molecule has 0 spiro atoms. The number of aromatic carboxylic acids is 1. The van der Waals surface area contributed by atoms with Gasteiger partial charge in [-0.25, -0.2) is 5.43 Å². The summed E-state index contributed by atoms with van der Waals surface area (Å²) in [7, 11) is 0. The van der Waals surface area contributed by atoms with E-state index in [1.807, 2.05) is 36.4 Å². The summed E-state index contributed by atoms with van der Waals surface area (Å²) >= 11 is 3.51. The maximum atomic E-state index is 12.2. The van der Waals surface area contributed by atoms with E-state index in [0.29, 0.717) is 5.56 Å². The number of carboxylic acid groups (broad SMARTS) is 1. The van der Waals surface area contributed by atoms with Crippen molar-refractivity contribution in [1.29, 1.82) is 0 Å². The van der Waals surface area contributed by atoms with Gasteiger partial charge in [-0.1, -0.05) is 70.5 Å². The molecule has 0 aromatic heterocycles. The number of hydrogen-bond donors (Lipinski definition) is 1. The summed E-state index contributed by atoms with van der Waals surface area (Å²) in [6, 6.07) is 17.7. The SMILES string of the molecule is O=C(Cc1ccc(Br)c2ccccc12)N/N=C\c1ccc(C(=O)[O-])cc1. The van der Waals surface area contributed by atoms with Gasteiger partial charge < -0.3 is 9.90 Å². The van der Waals surface area contributed by atoms with Gasteiger partial charge in [0.2, 0.25) is 5.91 Å². The standard InChI is InChI=1S/C20H15BrN2O3/c21-18-10-9-15(16-3-1-2-4-17(16)18)11-19(24)23-22-12-13-5-7-14(8-6-13)20(25)26/h1-10,12H,11H2,(H,23,24)(H,25,26)/p-1/b22-12-. The third-order valence-electron chi connectivity index (χ3n) is 3.86. The smallest absolute Gasteiger partial charge is 0.244 e. The summed E-state index contributed by atoms with van der Waals surface area (Å²) in [6.07, 6.45) is 1.66. The van der Waals surface area contributed by atoms with E-state index in [-0.39, 0.29) is 17.9 Å². The molecule has 1 amide bonds. The van der Waals surface area contributed by atoms with Gasteiger partial charge >= 0.3 is 0 Å². The van der Waals surface area contributed by atoms with E-state index < -0.39 is 5.97 Å². The van der Waals surface area contributed by atoms with E-state index in [2.05, 4.69) is 26.5 Å². The zero-order valence-corrected chi connectivity index (χ0v) is 15.2. The van der Waals surface area contributed by atoms with E-state index in [4.69, 9.17) is 0 Å². The molecule has 26 heavy (non-hydrogen) atoms. The minimum Gasteiger partial charge on any atom is -0.545 e. The third kappa shape index (κ3) is 4.15. The maximum Gasteiger partial charge on any atom is 0.244 e. The minimum atomic E-state index is -1.23. The molecule has 0 atom stereocenters. The lowest BCUT2D eigenvalue weighted by Gasteiger charge is -2.07. The fourth-order valence-corrected chi connectivity index (χ4v) is 3.05. The van der Waals surface area contributed by atoms with Crippen LogP contribution in [0.1, 0.15) is 21.5 Å². The van der Waals surface area contributed by atoms with Crippen LogP contribution >= 0.6 is 15.9 Å². The Morgan fingerprint density at radius 3 is 2.38 bits per heavy atom. The molecule has 0 aliphatic rings. The number of carbonyl (C=O) groups excluding carboxylic acids is 2. The maximum absolute atomic E-state index is 12.2. The van der Waals surface area contributed by atoms with Crippen molar-refractivity contribution in [3.8, 4) is 0 Å². The van der Waals surface area contributed by atoms with Crippen molar-refractivity contribution in [2.45, 2.75) is 6.42 Å². The normalized spacial score (nSPS) is 11.0. The Bertz CT molecular complexity index is 998. The van der Waals surface area contributed by atoms with Crippen LogP contribution in [0.15, 0.2) is 70.2 Å². The number of carbonyl (C=O) groups is 2. The molecule has 0 aliphatic heterocycles. The average molecular weight is 410 g/mol. The van der Waals surface area contributed by atoms with Gasteiger partial charge in [-0.3, -0.25) is 4.79 Å². The van der Waals surface area contributed by atoms with Crippen LogP contribution in [0.4, 0.5) is 0 Å². The molecule has 3 rings (SSSR count). The molecule has 0 radical (unpaired) electrons. The van der Waals surface area contributed by atoms with Crippen LogP contribution in [0.2, 0.25) is 0 Å². The van der Waals surface area contributed by atoms with Crippen molar-refractivity contribution in [1.82, 2.24) is 5.43 Å². The van der Waals surface area contributed by atoms with Crippen LogP contribution < -0.4 is 10.5 Å². The van der Waals surface area contributed by atoms with E-state index in [1.54, 1.807) is 12.1 Å². The molecule has 3 aromatic carbocycles. The summed E-state index contributed by atoms with van der Waals surface area (Å²) in [5.41, 5.74) is 4.16. The van der Waals surface area contributed by atoms with Crippen molar-refractivity contribution < 1.29 is 14.7 Å². The first-order chi connectivity index (χ1) is 12.5. The Hall–Kier alpha value is -2.99. The number of halogens is 1. The molecule has 0 saturated carbocycles. The van der Waals surface area contributed by atoms with Crippen LogP contribution in [0.5, 0.6) is 0 Å². The summed E-state index contributed by atoms with van der Waals surface area (Å²) in [5.74, 6) is -1.47. The van der Waals surface area contributed by atoms with Crippen molar-refractivity contribution in [2.24, 2.45) is 5.10 Å². The van der Waals surface area contributed by atoms with Crippen molar-refractivity contribution >= 4 is 44.8 Å². The Kier molecular flexibility index (Phi) is 5.43. The molecule has 0 fully saturated rings. The predicted octanol–water partition coefficient (Wildman–Crippen LogP) is 2.66. The lowest BCUT2D eigenvalue weighted by Crippen LogP contribution is -2.22. The van der Waals surface area contributed by atoms with E-state index in [0.717, 1.165) is 20.8 Å². The summed E-state index contributed by atoms with van der Waals surface area (Å²) in [5, 5.41) is 16.7. The van der Waals surface area contributed by atoms with Gasteiger partial charge in [0.05, 0.1) is 18.6 Å². The molecule has 0 unspecified atom stereocenters. The van der Waals surface area contributed by atoms with Gasteiger partial charge in [-0.2, -0.15) is 5.10 Å². The number of benzene rings is 3. The zero-order valence-electron chi connectivity index (χ0n) is 13.6. The number of nitrogens with zero attached hydrogens (tertiary/aromatic N) is 1. The predicted molar refractivity (Wildman–Crippen MR) is 102 cm³/mol. The molecule has 6 heteroatoms. The fraction of sp³-hybridized carbons (Fsp3) is 0.0500. The van der Waals surface area contributed by atoms with Gasteiger partial charge in [0.1, 0.15) is 0 Å². The van der Waals surface area contributed by atoms with Gasteiger partial charge in [0.25, 0.3) is 0 Å². The quantitative estimate of drug-likeness (QED) is 0.519. The molecule has 0 bridgehead atoms. The molecule has 3 aromatic rings. The first-order valence-electron chi connectivity index (χ1n) is 7.84. The van der Waals surface area contributed by atoms with Crippen molar-refractivity contribution in [3.63, 3.8) is 0 Å². The first kappa shape index (κ1) is 17.8. The molecule has 0 heterocycles. The second-order valence-electron chi connectivity index (χ2n) is 5.63. The Balaban J connectivity index is 1.66. The number of rotatable bonds is 5. The molecular weight excluding hydrogens is 396 g/mol. The van der Waals surface area contributed by atoms with Crippen molar-refractivity contribution in [3.05, 3.63) is 81.8 Å². The number of amides is 1. The van der Waals surface area contributed by atoms with E-state index >= 15 is 0 Å². The van der Waals surface area contributed by atoms with Gasteiger partial charge in [-0.05, 0) is 33.5 Å². The highest BCUT2D eigenvalue weighted by molar-refractivity contribution is 9.10. The summed E-state index contributed by atoms with van der Waals surface area (Å²) in [4.78, 5) is 22.9. The number of hydrazone groups is 1. The average Bonchev–Trinajstić information content (AvgIpc) is 2.65. The Morgan fingerprint density at radius 2 is 1.69 bits per heavy atom. The summed E-state index contributed by atoms with van der Waals surface area (Å²) < 4.78 is 0.982. The summed E-state index contributed by atoms with van der Waals surface area (Å²) in [6.45, 7) is 0. The third-order valence-corrected chi connectivity index (χ3v) is 4.55. The highest BCUT2D eigenvalue weighted by atomic mass is 79.9. The van der Waals surface area contributed by atoms with Crippen LogP contribution in [0, 0.1) is 0 Å². The second kappa shape index (κ2) is 7.93. The molecule has 1 N–H and O–H groups in total. The fourth-order valence-electron chi connectivity index (χ4n) is 2.58. The largest absolute Gasteiger partial charge is 0.545 e. The molecule has 0 aliphatic carbocycles. The molecule has 5 nitrogen and oxygen atoms in total. The van der Waals surface area contributed by atoms with Gasteiger partial charge in [0.15, 0.2) is 0 Å². The number of hydrogen-bond acceptors (Lipinski definition) is 4. The van der Waals surface area contributed by atoms with Crippen LogP contribution in [0.3, 0.4) is 0 Å². The van der Waals surface area contributed by atoms with Gasteiger partial charge in [0, 0.05) is 4.47 Å². The number of carboxylic acids is 1. The van der Waals surface area contributed by atoms with Crippen molar-refractivity contribution in [2.75, 3.05) is 0 Å². The lowest BCUT2D eigenvalue weighted by molar-refractivity contribution is -0.255. The molecular formula is C20H14BrN2O3-. The lowest BCUT2D eigenvalue weighted by atomic mass is 10.0. The number of nitrogens with one attached hydrogen (secondary N) is 1. The minimum absolute atomic E-state index is 0.0910.